The van der Waals surface area contributed by atoms with Gasteiger partial charge in [0.2, 0.25) is 0 Å². The van der Waals surface area contributed by atoms with Crippen LogP contribution in [0.5, 0.6) is 0 Å². The minimum absolute atomic E-state index is 0.0247. The van der Waals surface area contributed by atoms with Crippen LogP contribution in [0.1, 0.15) is 12.6 Å². The van der Waals surface area contributed by atoms with Gasteiger partial charge in [-0.25, -0.2) is 4.68 Å². The number of aromatic nitrogens is 2. The number of rotatable bonds is 6. The molecule has 0 radical (unpaired) electrons. The number of carbonyl (C=O) groups is 1. The molecule has 0 fully saturated rings. The first-order chi connectivity index (χ1) is 13.5. The van der Waals surface area contributed by atoms with Gasteiger partial charge in [-0.2, -0.15) is 5.10 Å². The van der Waals surface area contributed by atoms with Gasteiger partial charge in [0.15, 0.2) is 0 Å². The quantitative estimate of drug-likeness (QED) is 0.490. The maximum Gasteiger partial charge on any atom is 0.311 e. The van der Waals surface area contributed by atoms with Gasteiger partial charge in [0.1, 0.15) is 4.99 Å². The Bertz CT molecular complexity index is 1100. The average molecular weight is 416 g/mol. The lowest BCUT2D eigenvalue weighted by Gasteiger charge is -2.13. The third-order valence-electron chi connectivity index (χ3n) is 3.96. The predicted molar refractivity (Wildman–Crippen MR) is 114 cm³/mol. The minimum Gasteiger partial charge on any atom is -0.466 e. The summed E-state index contributed by atoms with van der Waals surface area (Å²) in [4.78, 5) is 25.2. The van der Waals surface area contributed by atoms with Crippen molar-refractivity contribution in [3.63, 3.8) is 0 Å². The predicted octanol–water partition coefficient (Wildman–Crippen LogP) is 3.60. The van der Waals surface area contributed by atoms with Gasteiger partial charge in [0, 0.05) is 16.1 Å². The number of thiocarbonyl (C=S) groups is 1. The Balaban J connectivity index is 1.91. The Morgan fingerprint density at radius 3 is 2.68 bits per heavy atom. The van der Waals surface area contributed by atoms with E-state index in [-0.39, 0.29) is 25.1 Å². The molecule has 0 spiro atoms. The Kier molecular flexibility index (Phi) is 6.38. The normalized spacial score (nSPS) is 10.6. The van der Waals surface area contributed by atoms with Crippen LogP contribution in [0.2, 0.25) is 5.02 Å². The second kappa shape index (κ2) is 8.95. The summed E-state index contributed by atoms with van der Waals surface area (Å²) in [6, 6.07) is 14.2. The smallest absolute Gasteiger partial charge is 0.311 e. The second-order valence-electron chi connectivity index (χ2n) is 6.00. The van der Waals surface area contributed by atoms with Crippen molar-refractivity contribution in [3.05, 3.63) is 69.6 Å². The summed E-state index contributed by atoms with van der Waals surface area (Å²) in [7, 11) is 0. The fourth-order valence-electron chi connectivity index (χ4n) is 2.79. The van der Waals surface area contributed by atoms with Crippen molar-refractivity contribution in [2.45, 2.75) is 19.9 Å². The van der Waals surface area contributed by atoms with E-state index in [9.17, 15) is 9.59 Å². The van der Waals surface area contributed by atoms with Crippen molar-refractivity contribution in [1.29, 1.82) is 0 Å². The molecular formula is C20H18ClN3O3S. The molecule has 1 heterocycles. The van der Waals surface area contributed by atoms with Gasteiger partial charge in [-0.15, -0.1) is 0 Å². The van der Waals surface area contributed by atoms with Crippen LogP contribution in [0.3, 0.4) is 0 Å². The molecule has 1 aromatic heterocycles. The summed E-state index contributed by atoms with van der Waals surface area (Å²) in [5.74, 6) is -0.398. The van der Waals surface area contributed by atoms with Crippen LogP contribution in [0.15, 0.2) is 53.3 Å². The van der Waals surface area contributed by atoms with Crippen molar-refractivity contribution in [3.8, 4) is 0 Å². The molecule has 0 saturated carbocycles. The number of fused-ring (bicyclic) bond motifs is 1. The fourth-order valence-corrected chi connectivity index (χ4v) is 3.22. The van der Waals surface area contributed by atoms with Crippen LogP contribution >= 0.6 is 23.8 Å². The number of nitrogens with zero attached hydrogens (tertiary/aromatic N) is 2. The highest BCUT2D eigenvalue weighted by Crippen LogP contribution is 2.16. The summed E-state index contributed by atoms with van der Waals surface area (Å²) in [6.45, 7) is 2.09. The lowest BCUT2D eigenvalue weighted by Crippen LogP contribution is -2.30. The highest BCUT2D eigenvalue weighted by Gasteiger charge is 2.15. The highest BCUT2D eigenvalue weighted by molar-refractivity contribution is 7.80. The molecule has 2 aromatic carbocycles. The monoisotopic (exact) mass is 415 g/mol. The zero-order valence-corrected chi connectivity index (χ0v) is 16.7. The fraction of sp³-hybridized carbons (Fsp3) is 0.200. The SMILES string of the molecule is CCOC(=O)Cc1nn(CC(=S)Nc2cccc(Cl)c2)c(=O)c2ccccc12. The number of ether oxygens (including phenoxy) is 1. The highest BCUT2D eigenvalue weighted by atomic mass is 35.5. The molecule has 0 aliphatic rings. The van der Waals surface area contributed by atoms with Crippen LogP contribution in [0.4, 0.5) is 5.69 Å². The van der Waals surface area contributed by atoms with Crippen LogP contribution < -0.4 is 10.9 Å². The van der Waals surface area contributed by atoms with E-state index in [1.54, 1.807) is 49.4 Å². The Labute approximate surface area is 172 Å². The largest absolute Gasteiger partial charge is 0.466 e. The second-order valence-corrected chi connectivity index (χ2v) is 6.92. The van der Waals surface area contributed by atoms with Gasteiger partial charge in [-0.05, 0) is 31.2 Å². The lowest BCUT2D eigenvalue weighted by atomic mass is 10.1. The van der Waals surface area contributed by atoms with E-state index in [0.29, 0.717) is 26.5 Å². The van der Waals surface area contributed by atoms with Gasteiger partial charge in [-0.3, -0.25) is 9.59 Å². The standard InChI is InChI=1S/C20H18ClN3O3S/c1-2-27-19(25)11-17-15-8-3-4-9-16(15)20(26)24(23-17)12-18(28)22-14-7-5-6-13(21)10-14/h3-10H,2,11-12H2,1H3,(H,22,28). The van der Waals surface area contributed by atoms with Gasteiger partial charge >= 0.3 is 5.97 Å². The third kappa shape index (κ3) is 4.74. The molecular weight excluding hydrogens is 398 g/mol. The summed E-state index contributed by atoms with van der Waals surface area (Å²) in [6.07, 6.45) is -0.0247. The molecule has 3 aromatic rings. The molecule has 0 bridgehead atoms. The van der Waals surface area contributed by atoms with Crippen LogP contribution in [0, 0.1) is 0 Å². The van der Waals surface area contributed by atoms with Crippen LogP contribution in [0.25, 0.3) is 10.8 Å². The van der Waals surface area contributed by atoms with E-state index in [2.05, 4.69) is 10.4 Å². The molecule has 0 aliphatic carbocycles. The van der Waals surface area contributed by atoms with E-state index >= 15 is 0 Å². The zero-order valence-electron chi connectivity index (χ0n) is 15.1. The van der Waals surface area contributed by atoms with E-state index in [4.69, 9.17) is 28.6 Å². The van der Waals surface area contributed by atoms with E-state index in [1.165, 1.54) is 4.68 Å². The number of nitrogens with one attached hydrogen (secondary N) is 1. The molecule has 0 atom stereocenters. The molecule has 144 valence electrons. The number of hydrogen-bond donors (Lipinski definition) is 1. The molecule has 1 N–H and O–H groups in total. The van der Waals surface area contributed by atoms with Crippen LogP contribution in [-0.2, 0) is 22.5 Å². The van der Waals surface area contributed by atoms with Crippen molar-refractivity contribution in [2.75, 3.05) is 11.9 Å². The number of anilines is 1. The van der Waals surface area contributed by atoms with Gasteiger partial charge in [0.05, 0.1) is 30.7 Å². The molecule has 0 unspecified atom stereocenters. The van der Waals surface area contributed by atoms with Crippen molar-refractivity contribution in [1.82, 2.24) is 9.78 Å². The average Bonchev–Trinajstić information content (AvgIpc) is 2.65. The number of carbonyl (C=O) groups excluding carboxylic acids is 1. The maximum absolute atomic E-state index is 12.8. The van der Waals surface area contributed by atoms with Crippen molar-refractivity contribution >= 4 is 51.2 Å². The summed E-state index contributed by atoms with van der Waals surface area (Å²) in [5, 5.41) is 9.09. The first-order valence-electron chi connectivity index (χ1n) is 8.67. The Morgan fingerprint density at radius 2 is 1.96 bits per heavy atom. The zero-order chi connectivity index (χ0) is 20.1. The topological polar surface area (TPSA) is 73.2 Å². The van der Waals surface area contributed by atoms with Crippen molar-refractivity contribution in [2.24, 2.45) is 0 Å². The summed E-state index contributed by atoms with van der Waals surface area (Å²) >= 11 is 11.4. The first-order valence-corrected chi connectivity index (χ1v) is 9.46. The summed E-state index contributed by atoms with van der Waals surface area (Å²) in [5.41, 5.74) is 0.913. The van der Waals surface area contributed by atoms with Gasteiger partial charge in [0.25, 0.3) is 5.56 Å². The maximum atomic E-state index is 12.8. The number of benzene rings is 2. The molecule has 6 nitrogen and oxygen atoms in total. The van der Waals surface area contributed by atoms with Crippen molar-refractivity contribution < 1.29 is 9.53 Å². The molecule has 3 rings (SSSR count). The molecule has 0 saturated heterocycles. The Hall–Kier alpha value is -2.77. The van der Waals surface area contributed by atoms with E-state index < -0.39 is 5.97 Å². The lowest BCUT2D eigenvalue weighted by molar-refractivity contribution is -0.142. The third-order valence-corrected chi connectivity index (χ3v) is 4.43. The van der Waals surface area contributed by atoms with Gasteiger partial charge in [-0.1, -0.05) is 48.1 Å². The summed E-state index contributed by atoms with van der Waals surface area (Å²) < 4.78 is 6.28. The number of esters is 1. The molecule has 28 heavy (non-hydrogen) atoms. The van der Waals surface area contributed by atoms with E-state index in [0.717, 1.165) is 5.69 Å². The van der Waals surface area contributed by atoms with Gasteiger partial charge < -0.3 is 10.1 Å². The number of hydrogen-bond acceptors (Lipinski definition) is 5. The van der Waals surface area contributed by atoms with Crippen LogP contribution in [-0.4, -0.2) is 27.3 Å². The first kappa shape index (κ1) is 20.0. The van der Waals surface area contributed by atoms with E-state index in [1.807, 2.05) is 6.07 Å². The Morgan fingerprint density at radius 1 is 1.21 bits per heavy atom. The molecule has 0 amide bonds. The number of halogens is 1. The molecule has 0 aliphatic heterocycles. The molecule has 8 heteroatoms. The minimum atomic E-state index is -0.398.